The molecule has 2 rings (SSSR count). The first-order valence-electron chi connectivity index (χ1n) is 6.42. The minimum atomic E-state index is -3.30. The zero-order valence-corrected chi connectivity index (χ0v) is 14.5. The van der Waals surface area contributed by atoms with Crippen molar-refractivity contribution in [3.63, 3.8) is 0 Å². The SMILES string of the molecule is CS(=O)(=O)c1ccc([C@H](C(F)F)N2CCNCC2)cc1.Cl.Cl. The third-order valence-corrected chi connectivity index (χ3v) is 4.56. The van der Waals surface area contributed by atoms with Crippen molar-refractivity contribution < 1.29 is 17.2 Å². The maximum absolute atomic E-state index is 13.3. The maximum Gasteiger partial charge on any atom is 0.258 e. The number of halogens is 4. The third kappa shape index (κ3) is 5.31. The molecule has 1 aromatic carbocycles. The number of rotatable bonds is 4. The van der Waals surface area contributed by atoms with E-state index in [1.165, 1.54) is 24.3 Å². The van der Waals surface area contributed by atoms with Crippen LogP contribution < -0.4 is 5.32 Å². The first-order chi connectivity index (χ1) is 9.39. The van der Waals surface area contributed by atoms with Gasteiger partial charge in [-0.1, -0.05) is 12.1 Å². The van der Waals surface area contributed by atoms with Gasteiger partial charge in [0.1, 0.15) is 0 Å². The molecule has 9 heteroatoms. The molecule has 22 heavy (non-hydrogen) atoms. The summed E-state index contributed by atoms with van der Waals surface area (Å²) in [6, 6.07) is 4.76. The lowest BCUT2D eigenvalue weighted by Crippen LogP contribution is -2.46. The Morgan fingerprint density at radius 2 is 1.59 bits per heavy atom. The van der Waals surface area contributed by atoms with Gasteiger partial charge >= 0.3 is 0 Å². The van der Waals surface area contributed by atoms with Crippen LogP contribution in [0, 0.1) is 0 Å². The predicted octanol–water partition coefficient (Wildman–Crippen LogP) is 2.15. The molecule has 1 aromatic rings. The van der Waals surface area contributed by atoms with Crippen LogP contribution in [-0.2, 0) is 9.84 Å². The van der Waals surface area contributed by atoms with Gasteiger partial charge in [-0.25, -0.2) is 17.2 Å². The minimum Gasteiger partial charge on any atom is -0.314 e. The molecule has 0 unspecified atom stereocenters. The molecule has 1 aliphatic heterocycles. The van der Waals surface area contributed by atoms with E-state index in [9.17, 15) is 17.2 Å². The lowest BCUT2D eigenvalue weighted by molar-refractivity contribution is 0.0181. The van der Waals surface area contributed by atoms with Gasteiger partial charge in [0.25, 0.3) is 6.43 Å². The fourth-order valence-electron chi connectivity index (χ4n) is 2.39. The van der Waals surface area contributed by atoms with Crippen LogP contribution in [0.4, 0.5) is 8.78 Å². The summed E-state index contributed by atoms with van der Waals surface area (Å²) >= 11 is 0. The highest BCUT2D eigenvalue weighted by molar-refractivity contribution is 7.90. The Labute approximate surface area is 142 Å². The molecule has 1 N–H and O–H groups in total. The van der Waals surface area contributed by atoms with Gasteiger partial charge < -0.3 is 5.32 Å². The van der Waals surface area contributed by atoms with Crippen LogP contribution >= 0.6 is 24.8 Å². The first-order valence-corrected chi connectivity index (χ1v) is 8.31. The number of nitrogens with one attached hydrogen (secondary N) is 1. The normalized spacial score (nSPS) is 17.5. The summed E-state index contributed by atoms with van der Waals surface area (Å²) in [4.78, 5) is 1.88. The molecule has 0 saturated carbocycles. The summed E-state index contributed by atoms with van der Waals surface area (Å²) in [5.41, 5.74) is 0.453. The molecule has 1 atom stereocenters. The number of benzene rings is 1. The van der Waals surface area contributed by atoms with E-state index in [0.717, 1.165) is 6.26 Å². The molecule has 0 aliphatic carbocycles. The van der Waals surface area contributed by atoms with Crippen molar-refractivity contribution >= 4 is 34.7 Å². The fourth-order valence-corrected chi connectivity index (χ4v) is 3.02. The standard InChI is InChI=1S/C13H18F2N2O2S.2ClH/c1-20(18,19)11-4-2-10(3-5-11)12(13(14)15)17-8-6-16-7-9-17;;/h2-5,12-13,16H,6-9H2,1H3;2*1H/t12-;;/m1../s1. The van der Waals surface area contributed by atoms with Crippen LogP contribution in [0.5, 0.6) is 0 Å². The Bertz CT molecular complexity index is 550. The number of nitrogens with zero attached hydrogens (tertiary/aromatic N) is 1. The molecular weight excluding hydrogens is 357 g/mol. The number of piperazine rings is 1. The highest BCUT2D eigenvalue weighted by Crippen LogP contribution is 2.28. The maximum atomic E-state index is 13.3. The van der Waals surface area contributed by atoms with Crippen LogP contribution in [-0.4, -0.2) is 52.2 Å². The highest BCUT2D eigenvalue weighted by atomic mass is 35.5. The van der Waals surface area contributed by atoms with E-state index in [-0.39, 0.29) is 29.7 Å². The second-order valence-corrected chi connectivity index (χ2v) is 6.92. The smallest absolute Gasteiger partial charge is 0.258 e. The van der Waals surface area contributed by atoms with Gasteiger partial charge in [0.15, 0.2) is 9.84 Å². The molecule has 0 radical (unpaired) electrons. The second-order valence-electron chi connectivity index (χ2n) is 4.91. The number of hydrogen-bond acceptors (Lipinski definition) is 4. The molecule has 1 saturated heterocycles. The Morgan fingerprint density at radius 3 is 2.00 bits per heavy atom. The van der Waals surface area contributed by atoms with Crippen molar-refractivity contribution in [2.75, 3.05) is 32.4 Å². The van der Waals surface area contributed by atoms with Gasteiger partial charge in [-0.2, -0.15) is 0 Å². The Kier molecular flexibility index (Phi) is 8.79. The summed E-state index contributed by atoms with van der Waals surface area (Å²) in [6.07, 6.45) is -1.40. The predicted molar refractivity (Wildman–Crippen MR) is 87.2 cm³/mol. The largest absolute Gasteiger partial charge is 0.314 e. The molecule has 0 amide bonds. The van der Waals surface area contributed by atoms with Gasteiger partial charge in [0.2, 0.25) is 0 Å². The van der Waals surface area contributed by atoms with Crippen molar-refractivity contribution in [3.8, 4) is 0 Å². The van der Waals surface area contributed by atoms with Gasteiger partial charge in [-0.3, -0.25) is 4.90 Å². The van der Waals surface area contributed by atoms with Gasteiger partial charge in [-0.05, 0) is 17.7 Å². The Morgan fingerprint density at radius 1 is 1.09 bits per heavy atom. The van der Waals surface area contributed by atoms with Crippen LogP contribution in [0.2, 0.25) is 0 Å². The molecular formula is C13H20Cl2F2N2O2S. The average Bonchev–Trinajstić information content (AvgIpc) is 2.39. The van der Waals surface area contributed by atoms with Crippen molar-refractivity contribution in [2.24, 2.45) is 0 Å². The lowest BCUT2D eigenvalue weighted by Gasteiger charge is -2.34. The third-order valence-electron chi connectivity index (χ3n) is 3.43. The number of sulfone groups is 1. The fraction of sp³-hybridized carbons (Fsp3) is 0.538. The average molecular weight is 377 g/mol. The summed E-state index contributed by atoms with van der Waals surface area (Å²) in [5.74, 6) is 0. The van der Waals surface area contributed by atoms with Crippen molar-refractivity contribution in [2.45, 2.75) is 17.4 Å². The van der Waals surface area contributed by atoms with Crippen LogP contribution in [0.15, 0.2) is 29.2 Å². The zero-order chi connectivity index (χ0) is 14.8. The zero-order valence-electron chi connectivity index (χ0n) is 12.0. The first kappa shape index (κ1) is 21.5. The quantitative estimate of drug-likeness (QED) is 0.874. The topological polar surface area (TPSA) is 49.4 Å². The van der Waals surface area contributed by atoms with E-state index >= 15 is 0 Å². The molecule has 1 aliphatic rings. The molecule has 128 valence electrons. The molecule has 1 heterocycles. The van der Waals surface area contributed by atoms with Crippen LogP contribution in [0.25, 0.3) is 0 Å². The summed E-state index contributed by atoms with van der Waals surface area (Å²) < 4.78 is 49.4. The summed E-state index contributed by atoms with van der Waals surface area (Å²) in [6.45, 7) is 2.49. The van der Waals surface area contributed by atoms with Crippen molar-refractivity contribution in [3.05, 3.63) is 29.8 Å². The highest BCUT2D eigenvalue weighted by Gasteiger charge is 2.30. The van der Waals surface area contributed by atoms with E-state index in [0.29, 0.717) is 31.7 Å². The van der Waals surface area contributed by atoms with Crippen LogP contribution in [0.3, 0.4) is 0 Å². The van der Waals surface area contributed by atoms with Crippen molar-refractivity contribution in [1.82, 2.24) is 10.2 Å². The molecule has 0 bridgehead atoms. The van der Waals surface area contributed by atoms with Crippen LogP contribution in [0.1, 0.15) is 11.6 Å². The van der Waals surface area contributed by atoms with Gasteiger partial charge in [0.05, 0.1) is 10.9 Å². The van der Waals surface area contributed by atoms with E-state index < -0.39 is 22.3 Å². The molecule has 0 spiro atoms. The van der Waals surface area contributed by atoms with E-state index in [2.05, 4.69) is 5.32 Å². The minimum absolute atomic E-state index is 0. The number of alkyl halides is 2. The van der Waals surface area contributed by atoms with E-state index in [1.807, 2.05) is 0 Å². The van der Waals surface area contributed by atoms with Gasteiger partial charge in [-0.15, -0.1) is 24.8 Å². The second kappa shape index (κ2) is 8.98. The summed E-state index contributed by atoms with van der Waals surface area (Å²) in [5, 5.41) is 3.12. The lowest BCUT2D eigenvalue weighted by atomic mass is 10.1. The molecule has 4 nitrogen and oxygen atoms in total. The monoisotopic (exact) mass is 376 g/mol. The Hall–Kier alpha value is -0.470. The van der Waals surface area contributed by atoms with E-state index in [4.69, 9.17) is 0 Å². The van der Waals surface area contributed by atoms with Crippen molar-refractivity contribution in [1.29, 1.82) is 0 Å². The van der Waals surface area contributed by atoms with E-state index in [1.54, 1.807) is 4.90 Å². The van der Waals surface area contributed by atoms with Gasteiger partial charge in [0, 0.05) is 32.4 Å². The Balaban J connectivity index is 0.00000220. The molecule has 1 fully saturated rings. The summed E-state index contributed by atoms with van der Waals surface area (Å²) in [7, 11) is -3.30. The molecule has 0 aromatic heterocycles. The number of hydrogen-bond donors (Lipinski definition) is 1.